The van der Waals surface area contributed by atoms with Crippen LogP contribution in [-0.4, -0.2) is 4.98 Å². The SMILES string of the molecule is CC1CCC(Nc2ccc(F)nc2)c2ccccc21. The highest BCUT2D eigenvalue weighted by Gasteiger charge is 2.24. The quantitative estimate of drug-likeness (QED) is 0.811. The number of nitrogens with one attached hydrogen (secondary N) is 1. The van der Waals surface area contributed by atoms with E-state index in [9.17, 15) is 4.39 Å². The number of hydrogen-bond acceptors (Lipinski definition) is 2. The third-order valence-corrected chi connectivity index (χ3v) is 3.86. The summed E-state index contributed by atoms with van der Waals surface area (Å²) in [6, 6.07) is 12.0. The molecule has 19 heavy (non-hydrogen) atoms. The van der Waals surface area contributed by atoms with E-state index in [1.807, 2.05) is 0 Å². The Morgan fingerprint density at radius 3 is 2.63 bits per heavy atom. The Hall–Kier alpha value is -1.90. The highest BCUT2D eigenvalue weighted by atomic mass is 19.1. The standard InChI is InChI=1S/C16H17FN2/c1-11-6-8-15(14-5-3-2-4-13(11)14)19-12-7-9-16(17)18-10-12/h2-5,7,9-11,15,19H,6,8H2,1H3. The number of aromatic nitrogens is 1. The molecular weight excluding hydrogens is 239 g/mol. The number of benzene rings is 1. The Morgan fingerprint density at radius 2 is 1.89 bits per heavy atom. The van der Waals surface area contributed by atoms with Gasteiger partial charge in [0, 0.05) is 0 Å². The van der Waals surface area contributed by atoms with Gasteiger partial charge in [0.2, 0.25) is 5.95 Å². The number of anilines is 1. The van der Waals surface area contributed by atoms with Crippen molar-refractivity contribution in [2.45, 2.75) is 31.7 Å². The van der Waals surface area contributed by atoms with Crippen LogP contribution in [0.4, 0.5) is 10.1 Å². The summed E-state index contributed by atoms with van der Waals surface area (Å²) in [4.78, 5) is 3.69. The third kappa shape index (κ3) is 2.46. The van der Waals surface area contributed by atoms with Crippen LogP contribution >= 0.6 is 0 Å². The number of hydrogen-bond donors (Lipinski definition) is 1. The monoisotopic (exact) mass is 256 g/mol. The van der Waals surface area contributed by atoms with Gasteiger partial charge in [0.1, 0.15) is 0 Å². The van der Waals surface area contributed by atoms with E-state index in [4.69, 9.17) is 0 Å². The maximum absolute atomic E-state index is 12.8. The summed E-state index contributed by atoms with van der Waals surface area (Å²) in [5.74, 6) is 0.170. The molecule has 0 saturated carbocycles. The molecule has 2 nitrogen and oxygen atoms in total. The van der Waals surface area contributed by atoms with Gasteiger partial charge in [-0.05, 0) is 42.0 Å². The molecule has 2 atom stereocenters. The van der Waals surface area contributed by atoms with E-state index in [2.05, 4.69) is 41.5 Å². The number of rotatable bonds is 2. The van der Waals surface area contributed by atoms with Gasteiger partial charge in [0.25, 0.3) is 0 Å². The maximum atomic E-state index is 12.8. The molecule has 2 unspecified atom stereocenters. The third-order valence-electron chi connectivity index (χ3n) is 3.86. The van der Waals surface area contributed by atoms with Crippen molar-refractivity contribution in [1.29, 1.82) is 0 Å². The van der Waals surface area contributed by atoms with E-state index in [1.54, 1.807) is 12.3 Å². The summed E-state index contributed by atoms with van der Waals surface area (Å²) < 4.78 is 12.8. The van der Waals surface area contributed by atoms with Crippen molar-refractivity contribution in [3.8, 4) is 0 Å². The van der Waals surface area contributed by atoms with E-state index in [0.29, 0.717) is 12.0 Å². The Kier molecular flexibility index (Phi) is 3.20. The van der Waals surface area contributed by atoms with Gasteiger partial charge in [-0.3, -0.25) is 0 Å². The lowest BCUT2D eigenvalue weighted by Gasteiger charge is -2.30. The fraction of sp³-hybridized carbons (Fsp3) is 0.312. The van der Waals surface area contributed by atoms with Crippen LogP contribution < -0.4 is 5.32 Å². The second-order valence-corrected chi connectivity index (χ2v) is 5.17. The maximum Gasteiger partial charge on any atom is 0.212 e. The molecule has 1 heterocycles. The molecule has 98 valence electrons. The zero-order chi connectivity index (χ0) is 13.2. The molecular formula is C16H17FN2. The van der Waals surface area contributed by atoms with Gasteiger partial charge in [-0.2, -0.15) is 4.39 Å². The minimum atomic E-state index is -0.441. The van der Waals surface area contributed by atoms with Crippen LogP contribution in [0.15, 0.2) is 42.6 Å². The van der Waals surface area contributed by atoms with Crippen LogP contribution in [0.1, 0.15) is 42.9 Å². The van der Waals surface area contributed by atoms with Gasteiger partial charge in [0.05, 0.1) is 17.9 Å². The van der Waals surface area contributed by atoms with Gasteiger partial charge < -0.3 is 5.32 Å². The molecule has 0 aliphatic heterocycles. The fourth-order valence-corrected chi connectivity index (χ4v) is 2.82. The lowest BCUT2D eigenvalue weighted by Crippen LogP contribution is -2.19. The van der Waals surface area contributed by atoms with Crippen molar-refractivity contribution in [1.82, 2.24) is 4.98 Å². The molecule has 1 N–H and O–H groups in total. The Balaban J connectivity index is 1.86. The van der Waals surface area contributed by atoms with Crippen molar-refractivity contribution in [3.63, 3.8) is 0 Å². The first-order valence-electron chi connectivity index (χ1n) is 6.71. The molecule has 0 bridgehead atoms. The fourth-order valence-electron chi connectivity index (χ4n) is 2.82. The van der Waals surface area contributed by atoms with Crippen LogP contribution in [0.3, 0.4) is 0 Å². The van der Waals surface area contributed by atoms with Gasteiger partial charge in [0.15, 0.2) is 0 Å². The summed E-state index contributed by atoms with van der Waals surface area (Å²) in [7, 11) is 0. The normalized spacial score (nSPS) is 21.8. The second kappa shape index (κ2) is 5.00. The lowest BCUT2D eigenvalue weighted by atomic mass is 9.81. The average molecular weight is 256 g/mol. The van der Waals surface area contributed by atoms with Crippen LogP contribution in [0.2, 0.25) is 0 Å². The summed E-state index contributed by atoms with van der Waals surface area (Å²) in [5, 5.41) is 3.46. The molecule has 0 amide bonds. The van der Waals surface area contributed by atoms with Crippen LogP contribution in [0, 0.1) is 5.95 Å². The van der Waals surface area contributed by atoms with E-state index in [-0.39, 0.29) is 0 Å². The smallest absolute Gasteiger partial charge is 0.212 e. The minimum Gasteiger partial charge on any atom is -0.377 e. The molecule has 1 aromatic heterocycles. The average Bonchev–Trinajstić information content (AvgIpc) is 2.45. The van der Waals surface area contributed by atoms with Gasteiger partial charge >= 0.3 is 0 Å². The Morgan fingerprint density at radius 1 is 1.11 bits per heavy atom. The molecule has 0 fully saturated rings. The number of nitrogens with zero attached hydrogens (tertiary/aromatic N) is 1. The van der Waals surface area contributed by atoms with Crippen molar-refractivity contribution in [3.05, 3.63) is 59.7 Å². The second-order valence-electron chi connectivity index (χ2n) is 5.17. The first-order chi connectivity index (χ1) is 9.24. The number of fused-ring (bicyclic) bond motifs is 1. The molecule has 1 aliphatic carbocycles. The molecule has 2 aromatic rings. The van der Waals surface area contributed by atoms with Crippen LogP contribution in [0.25, 0.3) is 0 Å². The molecule has 0 spiro atoms. The number of halogens is 1. The summed E-state index contributed by atoms with van der Waals surface area (Å²) in [6.45, 7) is 2.27. The van der Waals surface area contributed by atoms with Gasteiger partial charge in [-0.25, -0.2) is 4.98 Å². The zero-order valence-electron chi connectivity index (χ0n) is 10.9. The summed E-state index contributed by atoms with van der Waals surface area (Å²) in [5.41, 5.74) is 3.64. The van der Waals surface area contributed by atoms with E-state index >= 15 is 0 Å². The molecule has 3 heteroatoms. The highest BCUT2D eigenvalue weighted by molar-refractivity contribution is 5.46. The Labute approximate surface area is 112 Å². The van der Waals surface area contributed by atoms with Crippen molar-refractivity contribution in [2.24, 2.45) is 0 Å². The van der Waals surface area contributed by atoms with Crippen LogP contribution in [0.5, 0.6) is 0 Å². The van der Waals surface area contributed by atoms with Gasteiger partial charge in [-0.1, -0.05) is 31.2 Å². The topological polar surface area (TPSA) is 24.9 Å². The van der Waals surface area contributed by atoms with Crippen LogP contribution in [-0.2, 0) is 0 Å². The molecule has 1 aliphatic rings. The van der Waals surface area contributed by atoms with Gasteiger partial charge in [-0.15, -0.1) is 0 Å². The van der Waals surface area contributed by atoms with E-state index in [1.165, 1.54) is 23.6 Å². The van der Waals surface area contributed by atoms with E-state index < -0.39 is 5.95 Å². The molecule has 1 aromatic carbocycles. The first kappa shape index (κ1) is 12.2. The minimum absolute atomic E-state index is 0.291. The predicted molar refractivity (Wildman–Crippen MR) is 74.6 cm³/mol. The molecule has 3 rings (SSSR count). The molecule has 0 radical (unpaired) electrons. The lowest BCUT2D eigenvalue weighted by molar-refractivity contribution is 0.534. The summed E-state index contributed by atoms with van der Waals surface area (Å²) in [6.07, 6.45) is 3.81. The van der Waals surface area contributed by atoms with Crippen molar-refractivity contribution in [2.75, 3.05) is 5.32 Å². The van der Waals surface area contributed by atoms with Crippen molar-refractivity contribution < 1.29 is 4.39 Å². The largest absolute Gasteiger partial charge is 0.377 e. The highest BCUT2D eigenvalue weighted by Crippen LogP contribution is 2.38. The van der Waals surface area contributed by atoms with Crippen molar-refractivity contribution >= 4 is 5.69 Å². The zero-order valence-corrected chi connectivity index (χ0v) is 10.9. The Bertz CT molecular complexity index is 565. The summed E-state index contributed by atoms with van der Waals surface area (Å²) >= 11 is 0. The number of pyridine rings is 1. The first-order valence-corrected chi connectivity index (χ1v) is 6.71. The molecule has 0 saturated heterocycles. The predicted octanol–water partition coefficient (Wildman–Crippen LogP) is 4.27. The van der Waals surface area contributed by atoms with E-state index in [0.717, 1.165) is 12.1 Å².